The standard InChI is InChI=1S/C16H17ClN2O2/c17-15-11-18-8-6-14(15)16(21)19-10-13(7-9-20)12-4-2-1-3-5-12/h1-6,8,11,13,20H,7,9-10H2,(H,19,21). The first-order chi connectivity index (χ1) is 10.2. The minimum Gasteiger partial charge on any atom is -0.396 e. The van der Waals surface area contributed by atoms with Gasteiger partial charge in [-0.1, -0.05) is 41.9 Å². The first kappa shape index (κ1) is 15.5. The largest absolute Gasteiger partial charge is 0.396 e. The van der Waals surface area contributed by atoms with Crippen molar-refractivity contribution in [3.05, 3.63) is 64.9 Å². The zero-order valence-electron chi connectivity index (χ0n) is 11.5. The minimum absolute atomic E-state index is 0.0702. The van der Waals surface area contributed by atoms with Crippen LogP contribution in [0.2, 0.25) is 5.02 Å². The smallest absolute Gasteiger partial charge is 0.252 e. The van der Waals surface area contributed by atoms with Crippen molar-refractivity contribution in [2.75, 3.05) is 13.2 Å². The third-order valence-electron chi connectivity index (χ3n) is 3.27. The predicted octanol–water partition coefficient (Wildman–Crippen LogP) is 2.63. The average Bonchev–Trinajstić information content (AvgIpc) is 2.52. The number of halogens is 1. The summed E-state index contributed by atoms with van der Waals surface area (Å²) in [7, 11) is 0. The van der Waals surface area contributed by atoms with Crippen LogP contribution in [0, 0.1) is 0 Å². The van der Waals surface area contributed by atoms with Gasteiger partial charge in [-0.3, -0.25) is 9.78 Å². The van der Waals surface area contributed by atoms with Crippen LogP contribution in [0.5, 0.6) is 0 Å². The minimum atomic E-state index is -0.235. The van der Waals surface area contributed by atoms with E-state index in [0.717, 1.165) is 5.56 Å². The molecule has 0 radical (unpaired) electrons. The molecule has 0 saturated carbocycles. The second-order valence-electron chi connectivity index (χ2n) is 4.69. The van der Waals surface area contributed by atoms with E-state index in [9.17, 15) is 9.90 Å². The molecule has 1 atom stereocenters. The Morgan fingerprint density at radius 2 is 2.05 bits per heavy atom. The third kappa shape index (κ3) is 4.28. The molecular weight excluding hydrogens is 288 g/mol. The van der Waals surface area contributed by atoms with Crippen molar-refractivity contribution in [1.82, 2.24) is 10.3 Å². The molecule has 5 heteroatoms. The Kier molecular flexibility index (Phi) is 5.72. The fourth-order valence-electron chi connectivity index (χ4n) is 2.14. The lowest BCUT2D eigenvalue weighted by Gasteiger charge is -2.17. The molecule has 1 aromatic heterocycles. The summed E-state index contributed by atoms with van der Waals surface area (Å²) in [6, 6.07) is 11.4. The summed E-state index contributed by atoms with van der Waals surface area (Å²) in [4.78, 5) is 16.0. The number of aliphatic hydroxyl groups is 1. The van der Waals surface area contributed by atoms with Gasteiger partial charge in [0, 0.05) is 31.5 Å². The van der Waals surface area contributed by atoms with Gasteiger partial charge in [0.05, 0.1) is 10.6 Å². The third-order valence-corrected chi connectivity index (χ3v) is 3.58. The summed E-state index contributed by atoms with van der Waals surface area (Å²) >= 11 is 5.95. The van der Waals surface area contributed by atoms with Gasteiger partial charge < -0.3 is 10.4 Å². The highest BCUT2D eigenvalue weighted by molar-refractivity contribution is 6.33. The zero-order valence-corrected chi connectivity index (χ0v) is 12.3. The van der Waals surface area contributed by atoms with Crippen LogP contribution in [-0.4, -0.2) is 29.1 Å². The Morgan fingerprint density at radius 3 is 2.71 bits per heavy atom. The van der Waals surface area contributed by atoms with Crippen LogP contribution in [0.4, 0.5) is 0 Å². The molecule has 2 N–H and O–H groups in total. The van der Waals surface area contributed by atoms with Crippen molar-refractivity contribution in [2.45, 2.75) is 12.3 Å². The van der Waals surface area contributed by atoms with Crippen LogP contribution >= 0.6 is 11.6 Å². The number of carbonyl (C=O) groups excluding carboxylic acids is 1. The Morgan fingerprint density at radius 1 is 1.29 bits per heavy atom. The normalized spacial score (nSPS) is 11.9. The van der Waals surface area contributed by atoms with Crippen LogP contribution in [-0.2, 0) is 0 Å². The molecule has 2 aromatic rings. The van der Waals surface area contributed by atoms with Crippen molar-refractivity contribution in [1.29, 1.82) is 0 Å². The van der Waals surface area contributed by atoms with E-state index in [1.807, 2.05) is 30.3 Å². The number of aromatic nitrogens is 1. The van der Waals surface area contributed by atoms with Gasteiger partial charge in [0.15, 0.2) is 0 Å². The maximum atomic E-state index is 12.1. The van der Waals surface area contributed by atoms with Crippen molar-refractivity contribution in [3.8, 4) is 0 Å². The molecule has 21 heavy (non-hydrogen) atoms. The number of aliphatic hydroxyl groups excluding tert-OH is 1. The predicted molar refractivity (Wildman–Crippen MR) is 82.5 cm³/mol. The molecule has 4 nitrogen and oxygen atoms in total. The highest BCUT2D eigenvalue weighted by atomic mass is 35.5. The van der Waals surface area contributed by atoms with E-state index < -0.39 is 0 Å². The van der Waals surface area contributed by atoms with Crippen LogP contribution in [0.15, 0.2) is 48.8 Å². The SMILES string of the molecule is O=C(NCC(CCO)c1ccccc1)c1ccncc1Cl. The molecule has 0 bridgehead atoms. The van der Waals surface area contributed by atoms with Gasteiger partial charge in [-0.15, -0.1) is 0 Å². The first-order valence-electron chi connectivity index (χ1n) is 6.76. The first-order valence-corrected chi connectivity index (χ1v) is 7.13. The van der Waals surface area contributed by atoms with Crippen LogP contribution < -0.4 is 5.32 Å². The van der Waals surface area contributed by atoms with E-state index in [4.69, 9.17) is 11.6 Å². The van der Waals surface area contributed by atoms with Gasteiger partial charge >= 0.3 is 0 Å². The van der Waals surface area contributed by atoms with E-state index in [1.54, 1.807) is 6.07 Å². The van der Waals surface area contributed by atoms with E-state index in [2.05, 4.69) is 10.3 Å². The number of nitrogens with one attached hydrogen (secondary N) is 1. The summed E-state index contributed by atoms with van der Waals surface area (Å²) in [6.07, 6.45) is 3.57. The Bertz CT molecular complexity index is 590. The molecular formula is C16H17ClN2O2. The monoisotopic (exact) mass is 304 g/mol. The van der Waals surface area contributed by atoms with Crippen molar-refractivity contribution in [3.63, 3.8) is 0 Å². The zero-order chi connectivity index (χ0) is 15.1. The number of carbonyl (C=O) groups is 1. The number of amides is 1. The lowest BCUT2D eigenvalue weighted by molar-refractivity contribution is 0.0949. The van der Waals surface area contributed by atoms with Crippen molar-refractivity contribution >= 4 is 17.5 Å². The van der Waals surface area contributed by atoms with Gasteiger partial charge in [-0.25, -0.2) is 0 Å². The van der Waals surface area contributed by atoms with Crippen LogP contribution in [0.3, 0.4) is 0 Å². The molecule has 1 amide bonds. The van der Waals surface area contributed by atoms with Crippen LogP contribution in [0.25, 0.3) is 0 Å². The maximum absolute atomic E-state index is 12.1. The fraction of sp³-hybridized carbons (Fsp3) is 0.250. The molecule has 2 rings (SSSR count). The summed E-state index contributed by atoms with van der Waals surface area (Å²) in [5, 5.41) is 12.4. The van der Waals surface area contributed by atoms with Gasteiger partial charge in [0.25, 0.3) is 5.91 Å². The number of benzene rings is 1. The van der Waals surface area contributed by atoms with Gasteiger partial charge in [-0.05, 0) is 18.1 Å². The highest BCUT2D eigenvalue weighted by Crippen LogP contribution is 2.19. The van der Waals surface area contributed by atoms with Gasteiger partial charge in [0.1, 0.15) is 0 Å². The Hall–Kier alpha value is -1.91. The quantitative estimate of drug-likeness (QED) is 0.862. The summed E-state index contributed by atoms with van der Waals surface area (Å²) in [6.45, 7) is 0.521. The molecule has 0 aliphatic carbocycles. The summed E-state index contributed by atoms with van der Waals surface area (Å²) in [5.74, 6) is -0.165. The fourth-order valence-corrected chi connectivity index (χ4v) is 2.34. The van der Waals surface area contributed by atoms with E-state index in [0.29, 0.717) is 23.6 Å². The van der Waals surface area contributed by atoms with Crippen molar-refractivity contribution in [2.24, 2.45) is 0 Å². The van der Waals surface area contributed by atoms with E-state index in [-0.39, 0.29) is 18.4 Å². The molecule has 110 valence electrons. The molecule has 1 heterocycles. The van der Waals surface area contributed by atoms with Gasteiger partial charge in [-0.2, -0.15) is 0 Å². The summed E-state index contributed by atoms with van der Waals surface area (Å²) in [5.41, 5.74) is 1.50. The van der Waals surface area contributed by atoms with Gasteiger partial charge in [0.2, 0.25) is 0 Å². The maximum Gasteiger partial charge on any atom is 0.252 e. The second-order valence-corrected chi connectivity index (χ2v) is 5.09. The number of pyridine rings is 1. The molecule has 0 aliphatic rings. The topological polar surface area (TPSA) is 62.2 Å². The van der Waals surface area contributed by atoms with E-state index in [1.165, 1.54) is 12.4 Å². The average molecular weight is 305 g/mol. The number of hydrogen-bond donors (Lipinski definition) is 2. The molecule has 0 saturated heterocycles. The molecule has 1 aromatic carbocycles. The number of rotatable bonds is 6. The van der Waals surface area contributed by atoms with Crippen LogP contribution in [0.1, 0.15) is 28.3 Å². The lowest BCUT2D eigenvalue weighted by atomic mass is 9.96. The lowest BCUT2D eigenvalue weighted by Crippen LogP contribution is -2.29. The highest BCUT2D eigenvalue weighted by Gasteiger charge is 2.14. The number of hydrogen-bond acceptors (Lipinski definition) is 3. The second kappa shape index (κ2) is 7.76. The molecule has 0 spiro atoms. The molecule has 0 fully saturated rings. The Balaban J connectivity index is 2.02. The molecule has 0 aliphatic heterocycles. The number of nitrogens with zero attached hydrogens (tertiary/aromatic N) is 1. The van der Waals surface area contributed by atoms with Crippen molar-refractivity contribution < 1.29 is 9.90 Å². The summed E-state index contributed by atoms with van der Waals surface area (Å²) < 4.78 is 0. The van der Waals surface area contributed by atoms with E-state index >= 15 is 0 Å². The Labute approximate surface area is 128 Å². The molecule has 1 unspecified atom stereocenters.